The van der Waals surface area contributed by atoms with Gasteiger partial charge in [-0.2, -0.15) is 0 Å². The Morgan fingerprint density at radius 2 is 0.739 bits per heavy atom. The van der Waals surface area contributed by atoms with Crippen LogP contribution in [0.25, 0.3) is 0 Å². The van der Waals surface area contributed by atoms with Crippen LogP contribution in [0.3, 0.4) is 0 Å². The van der Waals surface area contributed by atoms with Crippen LogP contribution in [0.1, 0.15) is 72.2 Å². The first-order chi connectivity index (χ1) is 10.6. The highest BCUT2D eigenvalue weighted by Gasteiger charge is 2.25. The second-order valence-corrected chi connectivity index (χ2v) is 7.10. The summed E-state index contributed by atoms with van der Waals surface area (Å²) < 4.78 is 0. The van der Waals surface area contributed by atoms with Crippen LogP contribution in [0, 0.1) is 41.5 Å². The molecule has 0 heterocycles. The van der Waals surface area contributed by atoms with Gasteiger partial charge in [0, 0.05) is 5.41 Å². The predicted octanol–water partition coefficient (Wildman–Crippen LogP) is 6.89. The van der Waals surface area contributed by atoms with E-state index in [0.29, 0.717) is 0 Å². The molecule has 0 saturated carbocycles. The number of hydrogen-bond donors (Lipinski definition) is 0. The quantitative estimate of drug-likeness (QED) is 0.566. The first-order valence-corrected chi connectivity index (χ1v) is 8.81. The van der Waals surface area contributed by atoms with Gasteiger partial charge in [-0.3, -0.25) is 0 Å². The molecule has 0 heteroatoms. The van der Waals surface area contributed by atoms with Gasteiger partial charge in [-0.1, -0.05) is 52.0 Å². The van der Waals surface area contributed by atoms with Gasteiger partial charge < -0.3 is 0 Å². The molecule has 0 aliphatic rings. The maximum atomic E-state index is 2.35. The highest BCUT2D eigenvalue weighted by atomic mass is 14.3. The molecule has 2 aromatic rings. The van der Waals surface area contributed by atoms with Gasteiger partial charge in [0.1, 0.15) is 0 Å². The largest absolute Gasteiger partial charge is 0.0683 e. The Morgan fingerprint density at radius 3 is 0.957 bits per heavy atom. The lowest BCUT2D eigenvalue weighted by Gasteiger charge is -2.29. The van der Waals surface area contributed by atoms with Crippen molar-refractivity contribution in [3.8, 4) is 0 Å². The smallest absolute Gasteiger partial charge is 0.0146 e. The molecule has 0 aliphatic carbocycles. The maximum Gasteiger partial charge on any atom is 0.0146 e. The van der Waals surface area contributed by atoms with Gasteiger partial charge in [0.15, 0.2) is 0 Å². The molecule has 0 bridgehead atoms. The lowest BCUT2D eigenvalue weighted by Crippen LogP contribution is -2.20. The van der Waals surface area contributed by atoms with Crippen molar-refractivity contribution >= 4 is 0 Å². The lowest BCUT2D eigenvalue weighted by atomic mass is 9.75. The SMILES string of the molecule is CC.Cc1cc(C(C)(C)c2cc(C)c(C)c(C)c2)cc(C)c1C. The Bertz CT molecular complexity index is 582. The van der Waals surface area contributed by atoms with Gasteiger partial charge in [-0.25, -0.2) is 0 Å². The van der Waals surface area contributed by atoms with Crippen LogP contribution in [0.2, 0.25) is 0 Å². The summed E-state index contributed by atoms with van der Waals surface area (Å²) in [7, 11) is 0. The van der Waals surface area contributed by atoms with Crippen molar-refractivity contribution in [2.75, 3.05) is 0 Å². The van der Waals surface area contributed by atoms with Crippen LogP contribution in [0.5, 0.6) is 0 Å². The van der Waals surface area contributed by atoms with Crippen molar-refractivity contribution < 1.29 is 0 Å². The second-order valence-electron chi connectivity index (χ2n) is 7.10. The summed E-state index contributed by atoms with van der Waals surface area (Å²) >= 11 is 0. The molecule has 0 amide bonds. The van der Waals surface area contributed by atoms with Crippen molar-refractivity contribution in [1.82, 2.24) is 0 Å². The predicted molar refractivity (Wildman–Crippen MR) is 105 cm³/mol. The van der Waals surface area contributed by atoms with Crippen molar-refractivity contribution in [3.63, 3.8) is 0 Å². The van der Waals surface area contributed by atoms with Gasteiger partial charge >= 0.3 is 0 Å². The van der Waals surface area contributed by atoms with Gasteiger partial charge in [0.2, 0.25) is 0 Å². The van der Waals surface area contributed by atoms with Crippen LogP contribution in [-0.2, 0) is 5.41 Å². The van der Waals surface area contributed by atoms with Crippen molar-refractivity contribution in [3.05, 3.63) is 68.8 Å². The third-order valence-corrected chi connectivity index (χ3v) is 5.30. The fraction of sp³-hybridized carbons (Fsp3) is 0.478. The Morgan fingerprint density at radius 1 is 0.522 bits per heavy atom. The molecule has 0 nitrogen and oxygen atoms in total. The van der Waals surface area contributed by atoms with Gasteiger partial charge in [-0.15, -0.1) is 0 Å². The molecule has 0 saturated heterocycles. The van der Waals surface area contributed by atoms with E-state index in [1.807, 2.05) is 13.8 Å². The monoisotopic (exact) mass is 310 g/mol. The van der Waals surface area contributed by atoms with E-state index in [0.717, 1.165) is 0 Å². The van der Waals surface area contributed by atoms with Crippen LogP contribution >= 0.6 is 0 Å². The topological polar surface area (TPSA) is 0 Å². The molecule has 0 fully saturated rings. The van der Waals surface area contributed by atoms with E-state index in [-0.39, 0.29) is 5.41 Å². The summed E-state index contributed by atoms with van der Waals surface area (Å²) in [6.45, 7) is 22.0. The molecule has 0 aliphatic heterocycles. The average molecular weight is 311 g/mol. The Labute approximate surface area is 144 Å². The highest BCUT2D eigenvalue weighted by molar-refractivity contribution is 5.48. The molecule has 0 spiro atoms. The third-order valence-electron chi connectivity index (χ3n) is 5.30. The minimum absolute atomic E-state index is 0.0342. The van der Waals surface area contributed by atoms with Crippen LogP contribution in [-0.4, -0.2) is 0 Å². The number of aryl methyl sites for hydroxylation is 4. The first kappa shape index (κ1) is 19.5. The first-order valence-electron chi connectivity index (χ1n) is 8.81. The molecule has 0 unspecified atom stereocenters. The van der Waals surface area contributed by atoms with E-state index in [2.05, 4.69) is 79.7 Å². The van der Waals surface area contributed by atoms with Crippen molar-refractivity contribution in [1.29, 1.82) is 0 Å². The Hall–Kier alpha value is -1.56. The van der Waals surface area contributed by atoms with Crippen molar-refractivity contribution in [2.45, 2.75) is 74.7 Å². The standard InChI is InChI=1S/C21H28.C2H6/c1-13-9-19(10-14(2)17(13)5)21(7,8)20-11-15(3)18(6)16(4)12-20;1-2/h9-12H,1-8H3;1-2H3. The summed E-state index contributed by atoms with van der Waals surface area (Å²) in [6, 6.07) is 9.42. The molecular formula is C23H34. The Balaban J connectivity index is 0.00000127. The number of benzene rings is 2. The minimum Gasteiger partial charge on any atom is -0.0683 e. The van der Waals surface area contributed by atoms with E-state index in [9.17, 15) is 0 Å². The number of hydrogen-bond acceptors (Lipinski definition) is 0. The molecule has 2 rings (SSSR count). The van der Waals surface area contributed by atoms with E-state index in [4.69, 9.17) is 0 Å². The van der Waals surface area contributed by atoms with E-state index in [1.165, 1.54) is 44.5 Å². The van der Waals surface area contributed by atoms with Gasteiger partial charge in [0.25, 0.3) is 0 Å². The summed E-state index contributed by atoms with van der Waals surface area (Å²) in [5, 5.41) is 0. The summed E-state index contributed by atoms with van der Waals surface area (Å²) in [5.41, 5.74) is 11.2. The number of rotatable bonds is 2. The fourth-order valence-electron chi connectivity index (χ4n) is 2.96. The molecule has 2 aromatic carbocycles. The van der Waals surface area contributed by atoms with Crippen LogP contribution in [0.4, 0.5) is 0 Å². The summed E-state index contributed by atoms with van der Waals surface area (Å²) in [5.74, 6) is 0. The van der Waals surface area contributed by atoms with Crippen molar-refractivity contribution in [2.24, 2.45) is 0 Å². The average Bonchev–Trinajstić information content (AvgIpc) is 2.51. The molecule has 23 heavy (non-hydrogen) atoms. The molecular weight excluding hydrogens is 276 g/mol. The molecule has 0 radical (unpaired) electrons. The zero-order chi connectivity index (χ0) is 17.9. The normalized spacial score (nSPS) is 11.0. The molecule has 0 atom stereocenters. The maximum absolute atomic E-state index is 2.35. The molecule has 0 N–H and O–H groups in total. The van der Waals surface area contributed by atoms with E-state index >= 15 is 0 Å². The van der Waals surface area contributed by atoms with Crippen LogP contribution < -0.4 is 0 Å². The Kier molecular flexibility index (Phi) is 6.22. The van der Waals surface area contributed by atoms with Crippen LogP contribution in [0.15, 0.2) is 24.3 Å². The van der Waals surface area contributed by atoms with E-state index < -0.39 is 0 Å². The minimum atomic E-state index is 0.0342. The zero-order valence-electron chi connectivity index (χ0n) is 16.8. The third kappa shape index (κ3) is 3.86. The molecule has 0 aromatic heterocycles. The molecule has 126 valence electrons. The summed E-state index contributed by atoms with van der Waals surface area (Å²) in [4.78, 5) is 0. The second kappa shape index (κ2) is 7.34. The fourth-order valence-corrected chi connectivity index (χ4v) is 2.96. The highest BCUT2D eigenvalue weighted by Crippen LogP contribution is 2.35. The lowest BCUT2D eigenvalue weighted by molar-refractivity contribution is 0.637. The zero-order valence-corrected chi connectivity index (χ0v) is 16.8. The van der Waals surface area contributed by atoms with Gasteiger partial charge in [0.05, 0.1) is 0 Å². The summed E-state index contributed by atoms with van der Waals surface area (Å²) in [6.07, 6.45) is 0. The van der Waals surface area contributed by atoms with Gasteiger partial charge in [-0.05, 0) is 86.1 Å². The van der Waals surface area contributed by atoms with E-state index in [1.54, 1.807) is 0 Å².